The number of piperazine rings is 1. The molecule has 0 aliphatic carbocycles. The van der Waals surface area contributed by atoms with Gasteiger partial charge in [0.05, 0.1) is 0 Å². The molecule has 2 aliphatic rings. The van der Waals surface area contributed by atoms with Crippen molar-refractivity contribution in [2.45, 2.75) is 44.8 Å². The molecular formula is C10H19N3O. The molecule has 2 bridgehead atoms. The molecule has 4 nitrogen and oxygen atoms in total. The van der Waals surface area contributed by atoms with Crippen molar-refractivity contribution in [3.8, 4) is 0 Å². The Kier molecular flexibility index (Phi) is 2.63. The highest BCUT2D eigenvalue weighted by Crippen LogP contribution is 2.26. The maximum Gasteiger partial charge on any atom is 0.318 e. The molecule has 0 aromatic rings. The largest absolute Gasteiger partial charge is 0.336 e. The average Bonchev–Trinajstić information content (AvgIpc) is 2.36. The number of amides is 2. The van der Waals surface area contributed by atoms with E-state index in [1.54, 1.807) is 0 Å². The fraction of sp³-hybridized carbons (Fsp3) is 0.900. The van der Waals surface area contributed by atoms with E-state index in [2.05, 4.69) is 10.6 Å². The molecule has 14 heavy (non-hydrogen) atoms. The average molecular weight is 197 g/mol. The van der Waals surface area contributed by atoms with Gasteiger partial charge in [-0.25, -0.2) is 4.79 Å². The second-order valence-corrected chi connectivity index (χ2v) is 4.55. The maximum absolute atomic E-state index is 11.9. The number of nitrogens with zero attached hydrogens (tertiary/aromatic N) is 1. The van der Waals surface area contributed by atoms with Gasteiger partial charge in [-0.2, -0.15) is 0 Å². The molecule has 2 fully saturated rings. The molecule has 2 amide bonds. The number of rotatable bonds is 1. The predicted octanol–water partition coefficient (Wildman–Crippen LogP) is 0.541. The van der Waals surface area contributed by atoms with E-state index in [-0.39, 0.29) is 12.1 Å². The number of carbonyl (C=O) groups excluding carboxylic acids is 1. The lowest BCUT2D eigenvalue weighted by Gasteiger charge is -2.35. The van der Waals surface area contributed by atoms with Crippen molar-refractivity contribution in [1.29, 1.82) is 0 Å². The monoisotopic (exact) mass is 197 g/mol. The van der Waals surface area contributed by atoms with E-state index in [9.17, 15) is 4.79 Å². The quantitative estimate of drug-likeness (QED) is 0.644. The van der Waals surface area contributed by atoms with Gasteiger partial charge in [0.25, 0.3) is 0 Å². The summed E-state index contributed by atoms with van der Waals surface area (Å²) in [5, 5.41) is 6.34. The van der Waals surface area contributed by atoms with Crippen LogP contribution in [0.25, 0.3) is 0 Å². The van der Waals surface area contributed by atoms with Crippen molar-refractivity contribution in [2.24, 2.45) is 0 Å². The van der Waals surface area contributed by atoms with Crippen LogP contribution in [0.4, 0.5) is 4.79 Å². The van der Waals surface area contributed by atoms with Crippen LogP contribution < -0.4 is 10.6 Å². The topological polar surface area (TPSA) is 44.4 Å². The van der Waals surface area contributed by atoms with Gasteiger partial charge >= 0.3 is 6.03 Å². The van der Waals surface area contributed by atoms with E-state index >= 15 is 0 Å². The van der Waals surface area contributed by atoms with Gasteiger partial charge in [0.1, 0.15) is 0 Å². The molecule has 2 N–H and O–H groups in total. The Labute approximate surface area is 85.0 Å². The van der Waals surface area contributed by atoms with Crippen molar-refractivity contribution in [3.63, 3.8) is 0 Å². The molecule has 2 heterocycles. The highest BCUT2D eigenvalue weighted by molar-refractivity contribution is 5.75. The number of hydrogen-bond donors (Lipinski definition) is 2. The van der Waals surface area contributed by atoms with Crippen LogP contribution in [0.2, 0.25) is 0 Å². The zero-order valence-electron chi connectivity index (χ0n) is 8.92. The Balaban J connectivity index is 2.00. The smallest absolute Gasteiger partial charge is 0.318 e. The number of nitrogens with one attached hydrogen (secondary N) is 2. The number of carbonyl (C=O) groups is 1. The van der Waals surface area contributed by atoms with E-state index in [1.165, 1.54) is 0 Å². The van der Waals surface area contributed by atoms with Crippen molar-refractivity contribution >= 4 is 6.03 Å². The highest BCUT2D eigenvalue weighted by Gasteiger charge is 2.39. The molecule has 2 atom stereocenters. The van der Waals surface area contributed by atoms with E-state index in [4.69, 9.17) is 0 Å². The van der Waals surface area contributed by atoms with Crippen LogP contribution in [0, 0.1) is 0 Å². The predicted molar refractivity (Wildman–Crippen MR) is 55.2 cm³/mol. The lowest BCUT2D eigenvalue weighted by atomic mass is 10.2. The third-order valence-electron chi connectivity index (χ3n) is 3.03. The first-order valence-electron chi connectivity index (χ1n) is 5.48. The van der Waals surface area contributed by atoms with E-state index < -0.39 is 0 Å². The van der Waals surface area contributed by atoms with Crippen molar-refractivity contribution < 1.29 is 4.79 Å². The summed E-state index contributed by atoms with van der Waals surface area (Å²) in [5.74, 6) is 0. The fourth-order valence-electron chi connectivity index (χ4n) is 2.43. The van der Waals surface area contributed by atoms with Gasteiger partial charge in [0.15, 0.2) is 0 Å². The first-order chi connectivity index (χ1) is 6.68. The second kappa shape index (κ2) is 3.77. The first-order valence-corrected chi connectivity index (χ1v) is 5.48. The minimum atomic E-state index is 0.119. The Hall–Kier alpha value is -0.770. The van der Waals surface area contributed by atoms with E-state index in [1.807, 2.05) is 18.7 Å². The maximum atomic E-state index is 11.9. The molecule has 2 rings (SSSR count). The molecule has 2 aliphatic heterocycles. The molecule has 80 valence electrons. The number of urea groups is 1. The Bertz CT molecular complexity index is 213. The lowest BCUT2D eigenvalue weighted by molar-refractivity contribution is 0.152. The summed E-state index contributed by atoms with van der Waals surface area (Å²) in [4.78, 5) is 13.9. The van der Waals surface area contributed by atoms with Crippen LogP contribution >= 0.6 is 0 Å². The molecule has 0 spiro atoms. The van der Waals surface area contributed by atoms with Crippen LogP contribution in [0.15, 0.2) is 0 Å². The third kappa shape index (κ3) is 1.71. The van der Waals surface area contributed by atoms with Crippen LogP contribution in [0.3, 0.4) is 0 Å². The Morgan fingerprint density at radius 3 is 2.43 bits per heavy atom. The number of fused-ring (bicyclic) bond motifs is 2. The minimum absolute atomic E-state index is 0.119. The first kappa shape index (κ1) is 9.77. The summed E-state index contributed by atoms with van der Waals surface area (Å²) in [7, 11) is 0. The van der Waals surface area contributed by atoms with Crippen molar-refractivity contribution in [3.05, 3.63) is 0 Å². The van der Waals surface area contributed by atoms with Gasteiger partial charge in [-0.05, 0) is 26.7 Å². The zero-order chi connectivity index (χ0) is 10.1. The van der Waals surface area contributed by atoms with Crippen LogP contribution in [-0.2, 0) is 0 Å². The summed E-state index contributed by atoms with van der Waals surface area (Å²) < 4.78 is 0. The van der Waals surface area contributed by atoms with Crippen molar-refractivity contribution in [1.82, 2.24) is 15.5 Å². The summed E-state index contributed by atoms with van der Waals surface area (Å²) in [6.07, 6.45) is 2.31. The highest BCUT2D eigenvalue weighted by atomic mass is 16.2. The van der Waals surface area contributed by atoms with Crippen LogP contribution in [0.5, 0.6) is 0 Å². The van der Waals surface area contributed by atoms with Gasteiger partial charge in [-0.1, -0.05) is 0 Å². The van der Waals surface area contributed by atoms with Gasteiger partial charge < -0.3 is 15.5 Å². The third-order valence-corrected chi connectivity index (χ3v) is 3.03. The molecule has 2 saturated heterocycles. The lowest BCUT2D eigenvalue weighted by Crippen LogP contribution is -2.57. The Morgan fingerprint density at radius 2 is 1.93 bits per heavy atom. The molecule has 0 aromatic heterocycles. The summed E-state index contributed by atoms with van der Waals surface area (Å²) in [5.41, 5.74) is 0. The Morgan fingerprint density at radius 1 is 1.36 bits per heavy atom. The number of hydrogen-bond acceptors (Lipinski definition) is 2. The minimum Gasteiger partial charge on any atom is -0.336 e. The summed E-state index contributed by atoms with van der Waals surface area (Å²) in [6, 6.07) is 1.20. The molecule has 0 saturated carbocycles. The van der Waals surface area contributed by atoms with Gasteiger partial charge in [0.2, 0.25) is 0 Å². The van der Waals surface area contributed by atoms with Gasteiger partial charge in [-0.3, -0.25) is 0 Å². The van der Waals surface area contributed by atoms with E-state index in [0.717, 1.165) is 25.9 Å². The fourth-order valence-corrected chi connectivity index (χ4v) is 2.43. The van der Waals surface area contributed by atoms with Crippen LogP contribution in [-0.4, -0.2) is 42.1 Å². The second-order valence-electron chi connectivity index (χ2n) is 4.55. The van der Waals surface area contributed by atoms with Gasteiger partial charge in [-0.15, -0.1) is 0 Å². The molecular weight excluding hydrogens is 178 g/mol. The molecule has 2 unspecified atom stereocenters. The summed E-state index contributed by atoms with van der Waals surface area (Å²) >= 11 is 0. The van der Waals surface area contributed by atoms with Crippen LogP contribution in [0.1, 0.15) is 26.7 Å². The summed E-state index contributed by atoms with van der Waals surface area (Å²) in [6.45, 7) is 5.92. The van der Waals surface area contributed by atoms with Crippen molar-refractivity contribution in [2.75, 3.05) is 13.1 Å². The molecule has 4 heteroatoms. The molecule has 0 aromatic carbocycles. The zero-order valence-corrected chi connectivity index (χ0v) is 8.92. The molecule has 0 radical (unpaired) electrons. The normalized spacial score (nSPS) is 30.9. The van der Waals surface area contributed by atoms with Gasteiger partial charge in [0, 0.05) is 31.2 Å². The standard InChI is InChI=1S/C10H19N3O/c1-7(2)12-10(14)13-8-3-4-9(13)6-11-5-8/h7-9,11H,3-6H2,1-2H3,(H,12,14). The van der Waals surface area contributed by atoms with E-state index in [0.29, 0.717) is 12.1 Å². The SMILES string of the molecule is CC(C)NC(=O)N1C2CCC1CNC2.